The summed E-state index contributed by atoms with van der Waals surface area (Å²) in [5.74, 6) is -0.343. The lowest BCUT2D eigenvalue weighted by atomic mass is 10.2. The van der Waals surface area contributed by atoms with Gasteiger partial charge in [0.25, 0.3) is 5.69 Å². The quantitative estimate of drug-likeness (QED) is 0.141. The lowest BCUT2D eigenvalue weighted by Crippen LogP contribution is -2.16. The topological polar surface area (TPSA) is 107 Å². The first-order valence-corrected chi connectivity index (χ1v) is 10.7. The van der Waals surface area contributed by atoms with Crippen LogP contribution in [0.2, 0.25) is 0 Å². The highest BCUT2D eigenvalue weighted by atomic mass is 127. The molecule has 10 heteroatoms. The van der Waals surface area contributed by atoms with Crippen LogP contribution in [0.3, 0.4) is 0 Å². The summed E-state index contributed by atoms with van der Waals surface area (Å²) < 4.78 is 25.6. The first-order chi connectivity index (χ1) is 15.9. The van der Waals surface area contributed by atoms with Crippen LogP contribution >= 0.6 is 22.6 Å². The van der Waals surface area contributed by atoms with Gasteiger partial charge in [-0.1, -0.05) is 18.2 Å². The number of nitro benzene ring substituents is 1. The number of halogens is 2. The molecule has 0 aliphatic rings. The van der Waals surface area contributed by atoms with Crippen LogP contribution in [0.4, 0.5) is 10.1 Å². The van der Waals surface area contributed by atoms with Crippen molar-refractivity contribution in [2.45, 2.75) is 6.61 Å². The molecule has 0 radical (unpaired) electrons. The summed E-state index contributed by atoms with van der Waals surface area (Å²) in [5.41, 5.74) is 3.79. The number of hydrogen-bond donors (Lipinski definition) is 1. The van der Waals surface area contributed by atoms with Crippen molar-refractivity contribution in [3.05, 3.63) is 103 Å². The van der Waals surface area contributed by atoms with Crippen LogP contribution in [-0.4, -0.2) is 17.0 Å². The second-order valence-corrected chi connectivity index (χ2v) is 8.02. The van der Waals surface area contributed by atoms with Crippen molar-refractivity contribution < 1.29 is 23.3 Å². The molecule has 0 spiro atoms. The average Bonchev–Trinajstić information content (AvgIpc) is 3.23. The molecule has 166 valence electrons. The zero-order valence-corrected chi connectivity index (χ0v) is 19.0. The van der Waals surface area contributed by atoms with Crippen molar-refractivity contribution in [3.8, 4) is 5.75 Å². The molecule has 3 aromatic carbocycles. The van der Waals surface area contributed by atoms with E-state index in [1.54, 1.807) is 36.4 Å². The Kier molecular flexibility index (Phi) is 6.63. The van der Waals surface area contributed by atoms with Gasteiger partial charge in [-0.2, -0.15) is 5.10 Å². The number of nitrogens with one attached hydrogen (secondary N) is 1. The van der Waals surface area contributed by atoms with Crippen molar-refractivity contribution in [1.29, 1.82) is 0 Å². The number of furan rings is 1. The summed E-state index contributed by atoms with van der Waals surface area (Å²) in [7, 11) is 0. The molecule has 1 aromatic heterocycles. The second-order valence-electron chi connectivity index (χ2n) is 6.86. The molecular formula is C23H15FIN3O5. The van der Waals surface area contributed by atoms with Gasteiger partial charge in [-0.05, 0) is 64.6 Å². The number of rotatable bonds is 7. The molecule has 1 N–H and O–H groups in total. The number of carbonyl (C=O) groups excluding carboxylic acids is 1. The standard InChI is InChI=1S/C23H15FIN3O5/c24-18-4-2-1-3-15(18)13-32-21-7-5-14(9-19(21)25)12-26-27-23(29)22-11-16-10-17(28(30)31)6-8-20(16)33-22/h1-12H,13H2,(H,27,29)/b26-12-. The maximum Gasteiger partial charge on any atom is 0.307 e. The molecule has 0 atom stereocenters. The van der Waals surface area contributed by atoms with Gasteiger partial charge in [0.1, 0.15) is 23.8 Å². The summed E-state index contributed by atoms with van der Waals surface area (Å²) in [6.45, 7) is 0.104. The van der Waals surface area contributed by atoms with E-state index in [2.05, 4.69) is 33.1 Å². The molecule has 0 aliphatic carbocycles. The lowest BCUT2D eigenvalue weighted by Gasteiger charge is -2.09. The van der Waals surface area contributed by atoms with Gasteiger partial charge in [0.15, 0.2) is 5.76 Å². The fourth-order valence-electron chi connectivity index (χ4n) is 2.96. The van der Waals surface area contributed by atoms with E-state index in [1.807, 2.05) is 0 Å². The Bertz CT molecular complexity index is 1390. The van der Waals surface area contributed by atoms with Crippen LogP contribution in [-0.2, 0) is 6.61 Å². The van der Waals surface area contributed by atoms with Crippen LogP contribution in [0.5, 0.6) is 5.75 Å². The number of fused-ring (bicyclic) bond motifs is 1. The molecule has 4 rings (SSSR count). The van der Waals surface area contributed by atoms with Crippen molar-refractivity contribution >= 4 is 51.4 Å². The van der Waals surface area contributed by atoms with Gasteiger partial charge in [-0.3, -0.25) is 14.9 Å². The number of benzene rings is 3. The Hall–Kier alpha value is -3.80. The van der Waals surface area contributed by atoms with Crippen LogP contribution < -0.4 is 10.2 Å². The zero-order chi connectivity index (χ0) is 23.4. The molecule has 0 bridgehead atoms. The minimum Gasteiger partial charge on any atom is -0.488 e. The third-order valence-corrected chi connectivity index (χ3v) is 5.45. The number of amides is 1. The highest BCUT2D eigenvalue weighted by Crippen LogP contribution is 2.25. The summed E-state index contributed by atoms with van der Waals surface area (Å²) in [6.07, 6.45) is 1.45. The van der Waals surface area contributed by atoms with Gasteiger partial charge in [0.05, 0.1) is 14.7 Å². The SMILES string of the molecule is O=C(N/N=C\c1ccc(OCc2ccccc2F)c(I)c1)c1cc2cc([N+](=O)[O-])ccc2o1. The van der Waals surface area contributed by atoms with Gasteiger partial charge < -0.3 is 9.15 Å². The molecule has 1 amide bonds. The minimum absolute atomic E-state index is 0.0193. The number of hydrogen-bond acceptors (Lipinski definition) is 6. The Morgan fingerprint density at radius 3 is 2.76 bits per heavy atom. The fourth-order valence-corrected chi connectivity index (χ4v) is 3.66. The third-order valence-electron chi connectivity index (χ3n) is 4.61. The highest BCUT2D eigenvalue weighted by molar-refractivity contribution is 14.1. The molecule has 4 aromatic rings. The number of ether oxygens (including phenoxy) is 1. The van der Waals surface area contributed by atoms with Gasteiger partial charge in [-0.25, -0.2) is 9.82 Å². The van der Waals surface area contributed by atoms with E-state index in [0.717, 1.165) is 3.57 Å². The summed E-state index contributed by atoms with van der Waals surface area (Å²) in [4.78, 5) is 22.6. The van der Waals surface area contributed by atoms with Gasteiger partial charge in [0, 0.05) is 23.1 Å². The van der Waals surface area contributed by atoms with Crippen molar-refractivity contribution in [1.82, 2.24) is 5.43 Å². The summed E-state index contributed by atoms with van der Waals surface area (Å²) >= 11 is 2.10. The summed E-state index contributed by atoms with van der Waals surface area (Å²) in [6, 6.07) is 17.2. The number of nitro groups is 1. The Balaban J connectivity index is 1.38. The lowest BCUT2D eigenvalue weighted by molar-refractivity contribution is -0.384. The van der Waals surface area contributed by atoms with Gasteiger partial charge in [0.2, 0.25) is 0 Å². The first kappa shape index (κ1) is 22.4. The fraction of sp³-hybridized carbons (Fsp3) is 0.0435. The Morgan fingerprint density at radius 1 is 1.18 bits per heavy atom. The Labute approximate surface area is 200 Å². The van der Waals surface area contributed by atoms with E-state index >= 15 is 0 Å². The molecule has 33 heavy (non-hydrogen) atoms. The molecule has 8 nitrogen and oxygen atoms in total. The number of non-ortho nitro benzene ring substituents is 1. The summed E-state index contributed by atoms with van der Waals surface area (Å²) in [5, 5.41) is 15.2. The predicted molar refractivity (Wildman–Crippen MR) is 128 cm³/mol. The normalized spacial score (nSPS) is 11.1. The molecular weight excluding hydrogens is 544 g/mol. The highest BCUT2D eigenvalue weighted by Gasteiger charge is 2.14. The molecule has 0 saturated heterocycles. The van der Waals surface area contributed by atoms with E-state index in [-0.39, 0.29) is 23.9 Å². The van der Waals surface area contributed by atoms with Gasteiger partial charge >= 0.3 is 5.91 Å². The molecule has 0 aliphatic heterocycles. The molecule has 0 unspecified atom stereocenters. The maximum atomic E-state index is 13.7. The van der Waals surface area contributed by atoms with E-state index in [9.17, 15) is 19.3 Å². The van der Waals surface area contributed by atoms with E-state index in [1.165, 1.54) is 36.5 Å². The van der Waals surface area contributed by atoms with Crippen molar-refractivity contribution in [2.24, 2.45) is 5.10 Å². The number of nitrogens with zero attached hydrogens (tertiary/aromatic N) is 2. The van der Waals surface area contributed by atoms with Crippen LogP contribution in [0, 0.1) is 19.5 Å². The smallest absolute Gasteiger partial charge is 0.307 e. The number of hydrazone groups is 1. The predicted octanol–water partition coefficient (Wildman–Crippen LogP) is 5.43. The first-order valence-electron chi connectivity index (χ1n) is 9.58. The Morgan fingerprint density at radius 2 is 2.00 bits per heavy atom. The molecule has 0 saturated carbocycles. The zero-order valence-electron chi connectivity index (χ0n) is 16.8. The van der Waals surface area contributed by atoms with Crippen molar-refractivity contribution in [3.63, 3.8) is 0 Å². The largest absolute Gasteiger partial charge is 0.488 e. The van der Waals surface area contributed by atoms with Crippen molar-refractivity contribution in [2.75, 3.05) is 0 Å². The van der Waals surface area contributed by atoms with E-state index < -0.39 is 10.8 Å². The molecule has 0 fully saturated rings. The van der Waals surface area contributed by atoms with Crippen LogP contribution in [0.15, 0.2) is 76.2 Å². The molecule has 1 heterocycles. The minimum atomic E-state index is -0.593. The van der Waals surface area contributed by atoms with E-state index in [0.29, 0.717) is 27.8 Å². The monoisotopic (exact) mass is 559 g/mol. The van der Waals surface area contributed by atoms with Gasteiger partial charge in [-0.15, -0.1) is 0 Å². The second kappa shape index (κ2) is 9.77. The van der Waals surface area contributed by atoms with E-state index in [4.69, 9.17) is 9.15 Å². The third kappa shape index (κ3) is 5.34. The maximum absolute atomic E-state index is 13.7. The van der Waals surface area contributed by atoms with Crippen LogP contribution in [0.1, 0.15) is 21.7 Å². The number of carbonyl (C=O) groups is 1. The average molecular weight is 559 g/mol. The van der Waals surface area contributed by atoms with Crippen LogP contribution in [0.25, 0.3) is 11.0 Å².